The SMILES string of the molecule is Cc1[nH]c2c(C(=O)NC(C)c3ccc(F)cc3)cccc2c1C. The largest absolute Gasteiger partial charge is 0.358 e. The molecule has 1 amide bonds. The Bertz CT molecular complexity index is 865. The monoisotopic (exact) mass is 310 g/mol. The lowest BCUT2D eigenvalue weighted by Gasteiger charge is -2.15. The van der Waals surface area contributed by atoms with Gasteiger partial charge in [-0.2, -0.15) is 0 Å². The fourth-order valence-corrected chi connectivity index (χ4v) is 2.78. The van der Waals surface area contributed by atoms with Crippen molar-refractivity contribution in [2.45, 2.75) is 26.8 Å². The van der Waals surface area contributed by atoms with E-state index < -0.39 is 0 Å². The Balaban J connectivity index is 1.89. The van der Waals surface area contributed by atoms with E-state index in [0.29, 0.717) is 5.56 Å². The van der Waals surface area contributed by atoms with Gasteiger partial charge in [0, 0.05) is 11.1 Å². The van der Waals surface area contributed by atoms with Gasteiger partial charge in [-0.15, -0.1) is 0 Å². The standard InChI is InChI=1S/C19H19FN2O/c1-11-12(2)21-18-16(11)5-4-6-17(18)19(23)22-13(3)14-7-9-15(20)10-8-14/h4-10,13,21H,1-3H3,(H,22,23). The van der Waals surface area contributed by atoms with Crippen molar-refractivity contribution in [3.8, 4) is 0 Å². The number of carbonyl (C=O) groups is 1. The third kappa shape index (κ3) is 2.84. The summed E-state index contributed by atoms with van der Waals surface area (Å²) in [5, 5.41) is 4.03. The number of hydrogen-bond donors (Lipinski definition) is 2. The number of amides is 1. The maximum Gasteiger partial charge on any atom is 0.253 e. The number of fused-ring (bicyclic) bond motifs is 1. The molecule has 1 aromatic heterocycles. The highest BCUT2D eigenvalue weighted by Crippen LogP contribution is 2.24. The van der Waals surface area contributed by atoms with Crippen molar-refractivity contribution in [2.24, 2.45) is 0 Å². The zero-order chi connectivity index (χ0) is 16.6. The van der Waals surface area contributed by atoms with E-state index in [-0.39, 0.29) is 17.8 Å². The molecule has 2 aromatic carbocycles. The van der Waals surface area contributed by atoms with Crippen molar-refractivity contribution in [1.29, 1.82) is 0 Å². The van der Waals surface area contributed by atoms with Gasteiger partial charge in [0.25, 0.3) is 5.91 Å². The Morgan fingerprint density at radius 3 is 2.52 bits per heavy atom. The molecule has 1 heterocycles. The molecule has 0 spiro atoms. The number of H-pyrrole nitrogens is 1. The summed E-state index contributed by atoms with van der Waals surface area (Å²) in [6.45, 7) is 5.92. The fraction of sp³-hybridized carbons (Fsp3) is 0.211. The molecular formula is C19H19FN2O. The molecule has 2 N–H and O–H groups in total. The van der Waals surface area contributed by atoms with Crippen LogP contribution in [0.3, 0.4) is 0 Å². The van der Waals surface area contributed by atoms with Gasteiger partial charge in [-0.05, 0) is 50.1 Å². The van der Waals surface area contributed by atoms with E-state index in [4.69, 9.17) is 0 Å². The zero-order valence-corrected chi connectivity index (χ0v) is 13.4. The predicted octanol–water partition coefficient (Wildman–Crippen LogP) is 4.41. The molecule has 1 atom stereocenters. The number of carbonyl (C=O) groups excluding carboxylic acids is 1. The summed E-state index contributed by atoms with van der Waals surface area (Å²) in [5.41, 5.74) is 4.55. The Hall–Kier alpha value is -2.62. The summed E-state index contributed by atoms with van der Waals surface area (Å²) in [6, 6.07) is 11.7. The molecule has 0 aliphatic rings. The molecular weight excluding hydrogens is 291 g/mol. The molecule has 0 aliphatic carbocycles. The van der Waals surface area contributed by atoms with Gasteiger partial charge in [-0.3, -0.25) is 4.79 Å². The number of nitrogens with one attached hydrogen (secondary N) is 2. The van der Waals surface area contributed by atoms with E-state index in [0.717, 1.165) is 27.7 Å². The minimum Gasteiger partial charge on any atom is -0.358 e. The van der Waals surface area contributed by atoms with Gasteiger partial charge in [-0.1, -0.05) is 24.3 Å². The van der Waals surface area contributed by atoms with Crippen LogP contribution >= 0.6 is 0 Å². The summed E-state index contributed by atoms with van der Waals surface area (Å²) in [7, 11) is 0. The highest BCUT2D eigenvalue weighted by Gasteiger charge is 2.16. The Morgan fingerprint density at radius 1 is 1.13 bits per heavy atom. The van der Waals surface area contributed by atoms with Crippen LogP contribution in [0, 0.1) is 19.7 Å². The number of benzene rings is 2. The molecule has 3 nitrogen and oxygen atoms in total. The second-order valence-corrected chi connectivity index (χ2v) is 5.85. The van der Waals surface area contributed by atoms with Gasteiger partial charge < -0.3 is 10.3 Å². The quantitative estimate of drug-likeness (QED) is 0.739. The van der Waals surface area contributed by atoms with Crippen LogP contribution in [0.25, 0.3) is 10.9 Å². The smallest absolute Gasteiger partial charge is 0.253 e. The van der Waals surface area contributed by atoms with Crippen molar-refractivity contribution in [3.63, 3.8) is 0 Å². The van der Waals surface area contributed by atoms with Crippen LogP contribution in [0.4, 0.5) is 4.39 Å². The van der Waals surface area contributed by atoms with Crippen LogP contribution < -0.4 is 5.32 Å². The topological polar surface area (TPSA) is 44.9 Å². The van der Waals surface area contributed by atoms with Crippen LogP contribution in [-0.2, 0) is 0 Å². The summed E-state index contributed by atoms with van der Waals surface area (Å²) in [6.07, 6.45) is 0. The number of hydrogen-bond acceptors (Lipinski definition) is 1. The zero-order valence-electron chi connectivity index (χ0n) is 13.4. The highest BCUT2D eigenvalue weighted by molar-refractivity contribution is 6.06. The predicted molar refractivity (Wildman–Crippen MR) is 90.1 cm³/mol. The first-order valence-electron chi connectivity index (χ1n) is 7.61. The van der Waals surface area contributed by atoms with E-state index in [1.54, 1.807) is 12.1 Å². The van der Waals surface area contributed by atoms with Gasteiger partial charge in [0.1, 0.15) is 5.82 Å². The van der Waals surface area contributed by atoms with Crippen molar-refractivity contribution in [3.05, 3.63) is 70.7 Å². The molecule has 0 saturated heterocycles. The number of rotatable bonds is 3. The van der Waals surface area contributed by atoms with Crippen LogP contribution in [0.15, 0.2) is 42.5 Å². The molecule has 1 unspecified atom stereocenters. The number of aromatic nitrogens is 1. The third-order valence-electron chi connectivity index (χ3n) is 4.31. The molecule has 118 valence electrons. The summed E-state index contributed by atoms with van der Waals surface area (Å²) in [4.78, 5) is 15.9. The van der Waals surface area contributed by atoms with Crippen LogP contribution in [0.5, 0.6) is 0 Å². The third-order valence-corrected chi connectivity index (χ3v) is 4.31. The number of para-hydroxylation sites is 1. The van der Waals surface area contributed by atoms with Gasteiger partial charge in [0.2, 0.25) is 0 Å². The average molecular weight is 310 g/mol. The molecule has 3 aromatic rings. The molecule has 23 heavy (non-hydrogen) atoms. The van der Waals surface area contributed by atoms with Crippen molar-refractivity contribution >= 4 is 16.8 Å². The molecule has 3 rings (SSSR count). The summed E-state index contributed by atoms with van der Waals surface area (Å²) in [5.74, 6) is -0.428. The Morgan fingerprint density at radius 2 is 1.83 bits per heavy atom. The molecule has 0 bridgehead atoms. The molecule has 0 radical (unpaired) electrons. The van der Waals surface area contributed by atoms with Crippen molar-refractivity contribution in [1.82, 2.24) is 10.3 Å². The maximum atomic E-state index is 13.0. The lowest BCUT2D eigenvalue weighted by molar-refractivity contribution is 0.0941. The summed E-state index contributed by atoms with van der Waals surface area (Å²) >= 11 is 0. The maximum absolute atomic E-state index is 13.0. The van der Waals surface area contributed by atoms with Crippen molar-refractivity contribution < 1.29 is 9.18 Å². The van der Waals surface area contributed by atoms with Crippen LogP contribution in [-0.4, -0.2) is 10.9 Å². The Kier molecular flexibility index (Phi) is 3.90. The second kappa shape index (κ2) is 5.88. The fourth-order valence-electron chi connectivity index (χ4n) is 2.78. The molecule has 0 aliphatic heterocycles. The minimum absolute atomic E-state index is 0.145. The van der Waals surface area contributed by atoms with Gasteiger partial charge in [0.05, 0.1) is 17.1 Å². The minimum atomic E-state index is -0.283. The highest BCUT2D eigenvalue weighted by atomic mass is 19.1. The number of aromatic amines is 1. The Labute approximate surface area is 134 Å². The molecule has 0 saturated carbocycles. The summed E-state index contributed by atoms with van der Waals surface area (Å²) < 4.78 is 13.0. The van der Waals surface area contributed by atoms with Crippen molar-refractivity contribution in [2.75, 3.05) is 0 Å². The normalized spacial score (nSPS) is 12.3. The lowest BCUT2D eigenvalue weighted by Crippen LogP contribution is -2.26. The number of halogens is 1. The second-order valence-electron chi connectivity index (χ2n) is 5.85. The van der Waals surface area contributed by atoms with E-state index >= 15 is 0 Å². The van der Waals surface area contributed by atoms with Crippen LogP contribution in [0.2, 0.25) is 0 Å². The van der Waals surface area contributed by atoms with Gasteiger partial charge in [0.15, 0.2) is 0 Å². The lowest BCUT2D eigenvalue weighted by atomic mass is 10.1. The van der Waals surface area contributed by atoms with E-state index in [1.807, 2.05) is 39.0 Å². The van der Waals surface area contributed by atoms with E-state index in [1.165, 1.54) is 12.1 Å². The van der Waals surface area contributed by atoms with Crippen LogP contribution in [0.1, 0.15) is 40.1 Å². The first-order valence-corrected chi connectivity index (χ1v) is 7.61. The van der Waals surface area contributed by atoms with E-state index in [9.17, 15) is 9.18 Å². The van der Waals surface area contributed by atoms with Gasteiger partial charge in [-0.25, -0.2) is 4.39 Å². The molecule has 4 heteroatoms. The first-order chi connectivity index (χ1) is 11.0. The van der Waals surface area contributed by atoms with E-state index in [2.05, 4.69) is 10.3 Å². The number of aryl methyl sites for hydroxylation is 2. The first kappa shape index (κ1) is 15.3. The van der Waals surface area contributed by atoms with Gasteiger partial charge >= 0.3 is 0 Å². The average Bonchev–Trinajstić information content (AvgIpc) is 2.83. The molecule has 0 fully saturated rings.